The van der Waals surface area contributed by atoms with Crippen molar-refractivity contribution >= 4 is 37.7 Å². The molecule has 1 aliphatic heterocycles. The first-order valence-electron chi connectivity index (χ1n) is 10.3. The fraction of sp³-hybridized carbons (Fsp3) is 0.619. The molecule has 1 aliphatic carbocycles. The van der Waals surface area contributed by atoms with E-state index < -0.39 is 17.3 Å². The zero-order chi connectivity index (χ0) is 22.8. The Morgan fingerprint density at radius 3 is 2.50 bits per heavy atom. The third-order valence-corrected chi connectivity index (χ3v) is 5.35. The van der Waals surface area contributed by atoms with Gasteiger partial charge in [0.2, 0.25) is 0 Å². The smallest absolute Gasteiger partial charge is 0.410 e. The minimum atomic E-state index is -0.642. The number of carbonyl (C=O) groups excluding carboxylic acids is 2. The van der Waals surface area contributed by atoms with E-state index in [4.69, 9.17) is 13.7 Å². The number of carbonyl (C=O) groups is 2. The third kappa shape index (κ3) is 7.16. The zero-order valence-electron chi connectivity index (χ0n) is 19.1. The van der Waals surface area contributed by atoms with E-state index in [-0.39, 0.29) is 37.0 Å². The highest BCUT2D eigenvalue weighted by atomic mass is 32.2. The summed E-state index contributed by atoms with van der Waals surface area (Å²) in [5, 5.41) is 0. The van der Waals surface area contributed by atoms with Crippen LogP contribution in [0.25, 0.3) is 0 Å². The van der Waals surface area contributed by atoms with Crippen molar-refractivity contribution in [1.82, 2.24) is 14.7 Å². The maximum atomic E-state index is 14.7. The van der Waals surface area contributed by atoms with Crippen LogP contribution in [0, 0.1) is 11.7 Å². The van der Waals surface area contributed by atoms with E-state index >= 15 is 0 Å². The molecule has 2 aliphatic rings. The van der Waals surface area contributed by atoms with Crippen molar-refractivity contribution < 1.29 is 27.6 Å². The summed E-state index contributed by atoms with van der Waals surface area (Å²) in [6, 6.07) is 2.87. The molecule has 3 rings (SSSR count). The summed E-state index contributed by atoms with van der Waals surface area (Å²) in [7, 11) is 3.07. The van der Waals surface area contributed by atoms with Crippen LogP contribution in [0.2, 0.25) is 0 Å². The summed E-state index contributed by atoms with van der Waals surface area (Å²) in [5.74, 6) is -0.299. The molecule has 0 spiro atoms. The lowest BCUT2D eigenvalue weighted by atomic mass is 10.0. The van der Waals surface area contributed by atoms with Gasteiger partial charge in [-0.25, -0.2) is 9.18 Å². The number of hydrogen-bond donors (Lipinski definition) is 1. The Kier molecular flexibility index (Phi) is 9.09. The van der Waals surface area contributed by atoms with Crippen molar-refractivity contribution in [2.24, 2.45) is 5.92 Å². The van der Waals surface area contributed by atoms with E-state index in [1.54, 1.807) is 18.0 Å². The second-order valence-electron chi connectivity index (χ2n) is 8.89. The predicted molar refractivity (Wildman–Crippen MR) is 125 cm³/mol. The Morgan fingerprint density at radius 1 is 1.28 bits per heavy atom. The first kappa shape index (κ1) is 26.6. The summed E-state index contributed by atoms with van der Waals surface area (Å²) in [4.78, 5) is 26.1. The van der Waals surface area contributed by atoms with Crippen LogP contribution in [0.1, 0.15) is 55.5 Å². The molecule has 1 saturated heterocycles. The highest BCUT2D eigenvalue weighted by Gasteiger charge is 2.35. The Balaban J connectivity index is 0.00000363. The van der Waals surface area contributed by atoms with Crippen LogP contribution in [-0.4, -0.2) is 60.8 Å². The van der Waals surface area contributed by atoms with Gasteiger partial charge < -0.3 is 18.6 Å². The van der Waals surface area contributed by atoms with E-state index in [9.17, 15) is 14.0 Å². The van der Waals surface area contributed by atoms with Crippen molar-refractivity contribution in [3.8, 4) is 5.75 Å². The minimum absolute atomic E-state index is 0. The van der Waals surface area contributed by atoms with Crippen LogP contribution in [0.5, 0.6) is 5.75 Å². The fourth-order valence-corrected chi connectivity index (χ4v) is 3.62. The summed E-state index contributed by atoms with van der Waals surface area (Å²) in [6.45, 7) is 6.95. The van der Waals surface area contributed by atoms with Crippen molar-refractivity contribution in [1.29, 1.82) is 0 Å². The van der Waals surface area contributed by atoms with Gasteiger partial charge in [-0.1, -0.05) is 0 Å². The number of nitrogens with zero attached hydrogens (tertiary/aromatic N) is 2. The Hall–Kier alpha value is -1.69. The van der Waals surface area contributed by atoms with Crippen molar-refractivity contribution in [2.45, 2.75) is 45.1 Å². The van der Waals surface area contributed by atoms with Gasteiger partial charge in [0.05, 0.1) is 19.3 Å². The Labute approximate surface area is 199 Å². The maximum absolute atomic E-state index is 14.7. The van der Waals surface area contributed by atoms with Crippen LogP contribution in [0.15, 0.2) is 12.1 Å². The van der Waals surface area contributed by atoms with Crippen LogP contribution in [0.3, 0.4) is 0 Å². The molecule has 8 nitrogen and oxygen atoms in total. The molecule has 1 aromatic rings. The first-order valence-corrected chi connectivity index (χ1v) is 11.0. The molecule has 0 aromatic heterocycles. The number of hydrogen-bond acceptors (Lipinski definition) is 7. The van der Waals surface area contributed by atoms with Gasteiger partial charge in [-0.2, -0.15) is 13.5 Å². The molecule has 0 unspecified atom stereocenters. The molecule has 2 amide bonds. The zero-order valence-corrected chi connectivity index (χ0v) is 20.9. The van der Waals surface area contributed by atoms with Gasteiger partial charge in [-0.3, -0.25) is 10.2 Å². The molecule has 0 atom stereocenters. The summed E-state index contributed by atoms with van der Waals surface area (Å²) in [5.41, 5.74) is 2.83. The fourth-order valence-electron chi connectivity index (χ4n) is 3.28. The van der Waals surface area contributed by atoms with Gasteiger partial charge in [0.15, 0.2) is 0 Å². The number of ether oxygens (including phenoxy) is 2. The SMILES string of the molecule is COSN(C)NC(=O)c1cc(C2CC2)c(OCC2CN(C(=O)OC(C)(C)C)C2)cc1F.S. The molecular weight excluding hydrogens is 457 g/mol. The second kappa shape index (κ2) is 11.0. The number of halogens is 1. The topological polar surface area (TPSA) is 80.3 Å². The summed E-state index contributed by atoms with van der Waals surface area (Å²) >= 11 is 0.929. The van der Waals surface area contributed by atoms with Gasteiger partial charge in [-0.05, 0) is 51.2 Å². The molecule has 32 heavy (non-hydrogen) atoms. The minimum Gasteiger partial charge on any atom is -0.493 e. The van der Waals surface area contributed by atoms with E-state index in [1.165, 1.54) is 17.6 Å². The maximum Gasteiger partial charge on any atom is 0.410 e. The van der Waals surface area contributed by atoms with Crippen LogP contribution in [-0.2, 0) is 8.92 Å². The lowest BCUT2D eigenvalue weighted by Crippen LogP contribution is -2.53. The molecule has 1 saturated carbocycles. The normalized spacial score (nSPS) is 16.3. The van der Waals surface area contributed by atoms with Crippen molar-refractivity contribution in [2.75, 3.05) is 33.9 Å². The average molecular weight is 490 g/mol. The van der Waals surface area contributed by atoms with Crippen LogP contribution < -0.4 is 10.2 Å². The Morgan fingerprint density at radius 2 is 1.94 bits per heavy atom. The summed E-state index contributed by atoms with van der Waals surface area (Å²) in [6.07, 6.45) is 1.64. The highest BCUT2D eigenvalue weighted by molar-refractivity contribution is 7.92. The van der Waals surface area contributed by atoms with E-state index in [1.807, 2.05) is 20.8 Å². The number of rotatable bonds is 8. The largest absolute Gasteiger partial charge is 0.493 e. The number of benzene rings is 1. The van der Waals surface area contributed by atoms with E-state index in [2.05, 4.69) is 5.43 Å². The van der Waals surface area contributed by atoms with Gasteiger partial charge in [-0.15, -0.1) is 4.41 Å². The van der Waals surface area contributed by atoms with Crippen molar-refractivity contribution in [3.63, 3.8) is 0 Å². The number of likely N-dealkylation sites (tertiary alicyclic amines) is 1. The van der Waals surface area contributed by atoms with Gasteiger partial charge in [0.1, 0.15) is 29.4 Å². The lowest BCUT2D eigenvalue weighted by Gasteiger charge is -2.39. The monoisotopic (exact) mass is 489 g/mol. The standard InChI is InChI=1S/C21H30FN3O5S.H2S/c1-21(2,3)30-20(27)25-10-13(11-25)12-29-18-9-17(22)16(8-15(18)14-6-7-14)19(26)23-24(4)31-28-5;/h8-9,13-14H,6-7,10-12H2,1-5H3,(H,23,26);1H2. The number of amides is 2. The van der Waals surface area contributed by atoms with E-state index in [0.717, 1.165) is 30.6 Å². The second-order valence-corrected chi connectivity index (χ2v) is 9.92. The summed E-state index contributed by atoms with van der Waals surface area (Å²) < 4.78 is 32.2. The molecule has 1 aromatic carbocycles. The first-order chi connectivity index (χ1) is 14.6. The van der Waals surface area contributed by atoms with E-state index in [0.29, 0.717) is 25.4 Å². The molecule has 0 bridgehead atoms. The highest BCUT2D eigenvalue weighted by Crippen LogP contribution is 2.45. The molecule has 0 radical (unpaired) electrons. The van der Waals surface area contributed by atoms with Crippen LogP contribution >= 0.6 is 25.7 Å². The van der Waals surface area contributed by atoms with Crippen molar-refractivity contribution in [3.05, 3.63) is 29.1 Å². The number of nitrogens with one attached hydrogen (secondary N) is 1. The lowest BCUT2D eigenvalue weighted by molar-refractivity contribution is -0.00788. The van der Waals surface area contributed by atoms with Gasteiger partial charge in [0, 0.05) is 32.1 Å². The molecule has 1 N–H and O–H groups in total. The molecular formula is C21H32FN3O5S2. The molecule has 180 valence electrons. The van der Waals surface area contributed by atoms with Gasteiger partial charge in [0.25, 0.3) is 5.91 Å². The molecule has 1 heterocycles. The molecule has 2 fully saturated rings. The average Bonchev–Trinajstić information content (AvgIpc) is 3.43. The number of hydrazine groups is 1. The van der Waals surface area contributed by atoms with Gasteiger partial charge >= 0.3 is 6.09 Å². The Bertz CT molecular complexity index is 826. The molecule has 11 heteroatoms. The predicted octanol–water partition coefficient (Wildman–Crippen LogP) is 3.85. The quantitative estimate of drug-likeness (QED) is 0.338. The third-order valence-electron chi connectivity index (χ3n) is 4.89. The van der Waals surface area contributed by atoms with Crippen LogP contribution in [0.4, 0.5) is 9.18 Å².